The van der Waals surface area contributed by atoms with Gasteiger partial charge in [0.2, 0.25) is 0 Å². The molecule has 1 aliphatic heterocycles. The fraction of sp³-hybridized carbons (Fsp3) is 0.559. The van der Waals surface area contributed by atoms with E-state index >= 15 is 0 Å². The number of rotatable bonds is 18. The van der Waals surface area contributed by atoms with Gasteiger partial charge in [-0.2, -0.15) is 8.75 Å². The number of nitroso groups, excluding NO2 is 1. The van der Waals surface area contributed by atoms with Gasteiger partial charge < -0.3 is 0 Å². The number of fused-ring (bicyclic) bond motifs is 3. The van der Waals surface area contributed by atoms with E-state index in [1.54, 1.807) is 11.3 Å². The van der Waals surface area contributed by atoms with Gasteiger partial charge >= 0.3 is 0 Å². The smallest absolute Gasteiger partial charge is 0.290 e. The highest BCUT2D eigenvalue weighted by Crippen LogP contribution is 2.52. The quantitative estimate of drug-likeness (QED) is 0.0953. The van der Waals surface area contributed by atoms with Crippen molar-refractivity contribution in [3.05, 3.63) is 69.2 Å². The number of halogens is 2. The standard InChI is InChI=1S/C34H42Br2N3O2S3/c1-3-5-7-9-10-12-15-22(14-11-8-6-4-2)16-13-17-23-28-30(33(39(23)41)25-19-21-27(36)43-25)32-31(37-44-38-32)29(34(28)40)24-18-20-26(35)42-24/h18-22,29H,3-17H2,1-2H3/q+1. The van der Waals surface area contributed by atoms with Crippen LogP contribution in [0.15, 0.2) is 43.1 Å². The third-order valence-corrected chi connectivity index (χ3v) is 12.8. The number of carbonyl (C=O) groups excluding carboxylic acids is 1. The fourth-order valence-electron chi connectivity index (χ4n) is 6.63. The summed E-state index contributed by atoms with van der Waals surface area (Å²) in [6, 6.07) is 7.88. The summed E-state index contributed by atoms with van der Waals surface area (Å²) in [5, 5.41) is 0. The second-order valence-corrected chi connectivity index (χ2v) is 17.5. The highest BCUT2D eigenvalue weighted by atomic mass is 79.9. The molecular formula is C34H42Br2N3O2S3+. The SMILES string of the molecule is CCCCCCCCC(CCCCCC)CCCC1=C2C(=O)C(c3ccc(Br)s3)c3nsnc3C2=C(c2ccc(Br)s2)[N+]1=O. The molecule has 0 saturated carbocycles. The van der Waals surface area contributed by atoms with E-state index in [2.05, 4.69) is 50.1 Å². The Morgan fingerprint density at radius 3 is 2.09 bits per heavy atom. The van der Waals surface area contributed by atoms with E-state index in [1.165, 1.54) is 88.4 Å². The van der Waals surface area contributed by atoms with Gasteiger partial charge in [0.15, 0.2) is 5.78 Å². The first-order valence-corrected chi connectivity index (χ1v) is 20.2. The van der Waals surface area contributed by atoms with Crippen LogP contribution in [0.3, 0.4) is 0 Å². The lowest BCUT2D eigenvalue weighted by Gasteiger charge is -2.20. The normalized spacial score (nSPS) is 17.1. The van der Waals surface area contributed by atoms with Crippen molar-refractivity contribution in [2.75, 3.05) is 0 Å². The van der Waals surface area contributed by atoms with Crippen LogP contribution in [0.2, 0.25) is 0 Å². The minimum absolute atomic E-state index is 0.0285. The number of allylic oxidation sites excluding steroid dienone is 3. The molecule has 5 rings (SSSR count). The zero-order valence-electron chi connectivity index (χ0n) is 25.7. The van der Waals surface area contributed by atoms with Gasteiger partial charge in [0.25, 0.3) is 11.4 Å². The van der Waals surface area contributed by atoms with E-state index < -0.39 is 5.92 Å². The Bertz CT molecular complexity index is 1520. The van der Waals surface area contributed by atoms with Gasteiger partial charge in [-0.1, -0.05) is 90.9 Å². The molecule has 1 aliphatic carbocycles. The number of carbonyl (C=O) groups is 1. The van der Waals surface area contributed by atoms with Crippen LogP contribution in [0.5, 0.6) is 0 Å². The third kappa shape index (κ3) is 7.79. The van der Waals surface area contributed by atoms with Gasteiger partial charge in [-0.05, 0) is 74.9 Å². The summed E-state index contributed by atoms with van der Waals surface area (Å²) in [6.45, 7) is 4.54. The topological polar surface area (TPSA) is 62.9 Å². The Kier molecular flexibility index (Phi) is 12.7. The van der Waals surface area contributed by atoms with Gasteiger partial charge in [0.05, 0.1) is 35.3 Å². The molecule has 0 spiro atoms. The highest BCUT2D eigenvalue weighted by Gasteiger charge is 2.53. The number of thiophene rings is 2. The average Bonchev–Trinajstić information content (AvgIpc) is 3.80. The summed E-state index contributed by atoms with van der Waals surface area (Å²) in [7, 11) is 0. The molecule has 3 aromatic heterocycles. The lowest BCUT2D eigenvalue weighted by Crippen LogP contribution is -2.23. The Hall–Kier alpha value is -1.33. The minimum Gasteiger partial charge on any atom is -0.293 e. The first-order valence-electron chi connectivity index (χ1n) is 16.3. The van der Waals surface area contributed by atoms with Crippen LogP contribution in [-0.4, -0.2) is 19.3 Å². The Balaban J connectivity index is 1.39. The van der Waals surface area contributed by atoms with Crippen LogP contribution in [-0.2, 0) is 4.79 Å². The first-order chi connectivity index (χ1) is 21.4. The second kappa shape index (κ2) is 16.5. The van der Waals surface area contributed by atoms with Crippen molar-refractivity contribution in [2.45, 2.75) is 116 Å². The third-order valence-electron chi connectivity index (χ3n) is 8.90. The molecule has 2 unspecified atom stereocenters. The molecule has 0 aromatic carbocycles. The van der Waals surface area contributed by atoms with Gasteiger partial charge in [0.1, 0.15) is 22.1 Å². The molecule has 0 radical (unpaired) electrons. The summed E-state index contributed by atoms with van der Waals surface area (Å²) >= 11 is 11.3. The van der Waals surface area contributed by atoms with E-state index in [0.717, 1.165) is 46.7 Å². The first kappa shape index (κ1) is 34.0. The molecule has 0 saturated heterocycles. The van der Waals surface area contributed by atoms with Crippen LogP contribution < -0.4 is 0 Å². The van der Waals surface area contributed by atoms with E-state index in [9.17, 15) is 9.70 Å². The Morgan fingerprint density at radius 2 is 1.43 bits per heavy atom. The number of hydrogen-bond acceptors (Lipinski definition) is 7. The van der Waals surface area contributed by atoms with Gasteiger partial charge in [0, 0.05) is 16.2 Å². The number of aromatic nitrogens is 2. The van der Waals surface area contributed by atoms with E-state index in [1.807, 2.05) is 24.3 Å². The predicted octanol–water partition coefficient (Wildman–Crippen LogP) is 12.3. The van der Waals surface area contributed by atoms with Crippen molar-refractivity contribution in [1.82, 2.24) is 8.75 Å². The van der Waals surface area contributed by atoms with Gasteiger partial charge in [-0.25, -0.2) is 0 Å². The maximum Gasteiger partial charge on any atom is 0.290 e. The molecule has 0 amide bonds. The van der Waals surface area contributed by atoms with Crippen LogP contribution in [0.4, 0.5) is 0 Å². The lowest BCUT2D eigenvalue weighted by atomic mass is 9.79. The van der Waals surface area contributed by atoms with Crippen LogP contribution in [0, 0.1) is 10.8 Å². The molecule has 10 heteroatoms. The molecule has 0 bridgehead atoms. The average molecular weight is 781 g/mol. The molecule has 0 N–H and O–H groups in total. The lowest BCUT2D eigenvalue weighted by molar-refractivity contribution is -0.397. The fourth-order valence-corrected chi connectivity index (χ4v) is 10.2. The van der Waals surface area contributed by atoms with Crippen molar-refractivity contribution >= 4 is 83.3 Å². The number of Topliss-reactive ketones (excluding diaryl/α,β-unsaturated/α-hetero) is 1. The Morgan fingerprint density at radius 1 is 0.795 bits per heavy atom. The van der Waals surface area contributed by atoms with E-state index in [0.29, 0.717) is 46.3 Å². The van der Waals surface area contributed by atoms with E-state index in [-0.39, 0.29) is 5.78 Å². The summed E-state index contributed by atoms with van der Waals surface area (Å²) in [6.07, 6.45) is 18.2. The van der Waals surface area contributed by atoms with Crippen molar-refractivity contribution < 1.29 is 9.55 Å². The van der Waals surface area contributed by atoms with Crippen molar-refractivity contribution in [1.29, 1.82) is 0 Å². The molecule has 2 atom stereocenters. The summed E-state index contributed by atoms with van der Waals surface area (Å²) in [5.74, 6) is 0.118. The highest BCUT2D eigenvalue weighted by molar-refractivity contribution is 9.11. The van der Waals surface area contributed by atoms with Gasteiger partial charge in [-0.15, -0.1) is 22.7 Å². The summed E-state index contributed by atoms with van der Waals surface area (Å²) < 4.78 is 12.3. The second-order valence-electron chi connectivity index (χ2n) is 12.0. The monoisotopic (exact) mass is 778 g/mol. The molecule has 0 fully saturated rings. The summed E-state index contributed by atoms with van der Waals surface area (Å²) in [5.41, 5.74) is 3.74. The zero-order valence-corrected chi connectivity index (χ0v) is 31.3. The van der Waals surface area contributed by atoms with E-state index in [4.69, 9.17) is 4.37 Å². The predicted molar refractivity (Wildman–Crippen MR) is 192 cm³/mol. The van der Waals surface area contributed by atoms with Gasteiger partial charge in [-0.3, -0.25) is 4.79 Å². The largest absolute Gasteiger partial charge is 0.293 e. The number of hydrogen-bond donors (Lipinski definition) is 0. The van der Waals surface area contributed by atoms with Crippen molar-refractivity contribution in [3.63, 3.8) is 0 Å². The molecule has 2 aliphatic rings. The summed E-state index contributed by atoms with van der Waals surface area (Å²) in [4.78, 5) is 30.4. The molecule has 4 heterocycles. The van der Waals surface area contributed by atoms with Crippen LogP contribution in [0.25, 0.3) is 11.3 Å². The maximum atomic E-state index is 14.4. The van der Waals surface area contributed by atoms with Crippen LogP contribution in [0.1, 0.15) is 137 Å². The molecule has 3 aromatic rings. The molecule has 236 valence electrons. The number of unbranched alkanes of at least 4 members (excludes halogenated alkanes) is 8. The number of nitrogens with zero attached hydrogens (tertiary/aromatic N) is 3. The molecule has 5 nitrogen and oxygen atoms in total. The molecular weight excluding hydrogens is 738 g/mol. The van der Waals surface area contributed by atoms with Crippen molar-refractivity contribution in [2.24, 2.45) is 5.92 Å². The zero-order chi connectivity index (χ0) is 31.1. The van der Waals surface area contributed by atoms with Crippen molar-refractivity contribution in [3.8, 4) is 0 Å². The minimum atomic E-state index is -0.532. The molecule has 44 heavy (non-hydrogen) atoms. The number of ketones is 1. The van der Waals surface area contributed by atoms with Crippen LogP contribution >= 0.6 is 66.3 Å². The Labute approximate surface area is 290 Å². The maximum absolute atomic E-state index is 14.4.